The normalized spacial score (nSPS) is 13.6. The molecular formula is C12H9ClF7NO3S2. The minimum Gasteiger partial charge on any atom is -0.324 e. The molecule has 0 atom stereocenters. The van der Waals surface area contributed by atoms with E-state index in [1.54, 1.807) is 0 Å². The highest BCUT2D eigenvalue weighted by atomic mass is 35.5. The second-order valence-corrected chi connectivity index (χ2v) is 8.35. The first kappa shape index (κ1) is 22.8. The highest BCUT2D eigenvalue weighted by Crippen LogP contribution is 2.51. The van der Waals surface area contributed by atoms with Gasteiger partial charge in [-0.05, 0) is 18.2 Å². The van der Waals surface area contributed by atoms with Gasteiger partial charge < -0.3 is 5.32 Å². The maximum atomic E-state index is 13.1. The zero-order valence-corrected chi connectivity index (χ0v) is 14.9. The highest BCUT2D eigenvalue weighted by molar-refractivity contribution is 8.01. The molecule has 0 fully saturated rings. The lowest BCUT2D eigenvalue weighted by atomic mass is 10.3. The minimum absolute atomic E-state index is 0.205. The van der Waals surface area contributed by atoms with Gasteiger partial charge in [0.25, 0.3) is 0 Å². The Labute approximate surface area is 152 Å². The Morgan fingerprint density at radius 1 is 1.15 bits per heavy atom. The first-order chi connectivity index (χ1) is 11.5. The van der Waals surface area contributed by atoms with Crippen molar-refractivity contribution in [2.24, 2.45) is 0 Å². The van der Waals surface area contributed by atoms with Gasteiger partial charge in [0.1, 0.15) is 0 Å². The molecule has 0 aromatic heterocycles. The topological polar surface area (TPSA) is 63.2 Å². The standard InChI is InChI=1S/C12H9ClF7NO3S2/c1-26(23,24)6-2-3-7(13)8(4-6)21-9(22)5-25-12(19,20)10(14,15)11(16,17)18/h2-4H,5H2,1H3,(H,21,22). The summed E-state index contributed by atoms with van der Waals surface area (Å²) in [6.07, 6.45) is -5.68. The van der Waals surface area contributed by atoms with Crippen LogP contribution in [0.2, 0.25) is 5.02 Å². The largest absolute Gasteiger partial charge is 0.460 e. The Morgan fingerprint density at radius 3 is 2.15 bits per heavy atom. The number of nitrogens with one attached hydrogen (secondary N) is 1. The maximum Gasteiger partial charge on any atom is 0.460 e. The Bertz CT molecular complexity index is 797. The first-order valence-electron chi connectivity index (χ1n) is 6.25. The van der Waals surface area contributed by atoms with Gasteiger partial charge in [-0.25, -0.2) is 8.42 Å². The monoisotopic (exact) mass is 447 g/mol. The highest BCUT2D eigenvalue weighted by Gasteiger charge is 2.73. The quantitative estimate of drug-likeness (QED) is 0.664. The fourth-order valence-electron chi connectivity index (χ4n) is 1.43. The third-order valence-corrected chi connectivity index (χ3v) is 5.21. The molecule has 1 N–H and O–H groups in total. The first-order valence-corrected chi connectivity index (χ1v) is 9.50. The summed E-state index contributed by atoms with van der Waals surface area (Å²) in [6.45, 7) is 0. The van der Waals surface area contributed by atoms with Crippen molar-refractivity contribution in [3.05, 3.63) is 23.2 Å². The summed E-state index contributed by atoms with van der Waals surface area (Å²) < 4.78 is 110. The Morgan fingerprint density at radius 2 is 1.69 bits per heavy atom. The lowest BCUT2D eigenvalue weighted by Gasteiger charge is -2.27. The SMILES string of the molecule is CS(=O)(=O)c1ccc(Cl)c(NC(=O)CSC(F)(F)C(F)(F)C(F)(F)F)c1. The summed E-state index contributed by atoms with van der Waals surface area (Å²) >= 11 is 4.46. The van der Waals surface area contributed by atoms with Crippen molar-refractivity contribution >= 4 is 44.8 Å². The molecule has 0 spiro atoms. The van der Waals surface area contributed by atoms with Gasteiger partial charge in [0.15, 0.2) is 9.84 Å². The second kappa shape index (κ2) is 7.43. The zero-order chi connectivity index (χ0) is 20.6. The van der Waals surface area contributed by atoms with Crippen LogP contribution >= 0.6 is 23.4 Å². The number of alkyl halides is 7. The summed E-state index contributed by atoms with van der Waals surface area (Å²) in [5, 5.41) is -3.93. The summed E-state index contributed by atoms with van der Waals surface area (Å²) in [5.74, 6) is -9.21. The molecule has 1 rings (SSSR count). The van der Waals surface area contributed by atoms with E-state index >= 15 is 0 Å². The summed E-state index contributed by atoms with van der Waals surface area (Å²) in [5.41, 5.74) is -0.342. The zero-order valence-electron chi connectivity index (χ0n) is 12.5. The van der Waals surface area contributed by atoms with E-state index < -0.39 is 50.6 Å². The van der Waals surface area contributed by atoms with Gasteiger partial charge in [0.2, 0.25) is 5.91 Å². The van der Waals surface area contributed by atoms with Gasteiger partial charge in [-0.1, -0.05) is 23.4 Å². The number of hydrogen-bond acceptors (Lipinski definition) is 4. The van der Waals surface area contributed by atoms with Crippen molar-refractivity contribution in [3.8, 4) is 0 Å². The number of anilines is 1. The number of halogens is 8. The molecule has 0 heterocycles. The molecule has 0 saturated carbocycles. The smallest absolute Gasteiger partial charge is 0.324 e. The maximum absolute atomic E-state index is 13.1. The van der Waals surface area contributed by atoms with Crippen LogP contribution in [-0.4, -0.2) is 43.7 Å². The number of benzene rings is 1. The minimum atomic E-state index is -6.51. The molecule has 26 heavy (non-hydrogen) atoms. The molecule has 1 aromatic carbocycles. The number of rotatable bonds is 6. The molecule has 4 nitrogen and oxygen atoms in total. The van der Waals surface area contributed by atoms with Gasteiger partial charge in [-0.2, -0.15) is 30.7 Å². The van der Waals surface area contributed by atoms with E-state index in [4.69, 9.17) is 11.6 Å². The number of sulfone groups is 1. The predicted molar refractivity (Wildman–Crippen MR) is 81.6 cm³/mol. The molecule has 0 saturated heterocycles. The molecule has 0 unspecified atom stereocenters. The molecule has 148 valence electrons. The van der Waals surface area contributed by atoms with Crippen LogP contribution in [0, 0.1) is 0 Å². The van der Waals surface area contributed by atoms with E-state index in [1.807, 2.05) is 5.32 Å². The Balaban J connectivity index is 2.89. The second-order valence-electron chi connectivity index (χ2n) is 4.84. The molecule has 1 aromatic rings. The van der Waals surface area contributed by atoms with Crippen LogP contribution < -0.4 is 5.32 Å². The summed E-state index contributed by atoms with van der Waals surface area (Å²) in [6, 6.07) is 3.02. The van der Waals surface area contributed by atoms with Crippen LogP contribution in [0.15, 0.2) is 23.1 Å². The molecular weight excluding hydrogens is 439 g/mol. The molecule has 0 aliphatic heterocycles. The Hall–Kier alpha value is -1.21. The lowest BCUT2D eigenvalue weighted by molar-refractivity contribution is -0.330. The summed E-state index contributed by atoms with van der Waals surface area (Å²) in [7, 11) is -3.71. The van der Waals surface area contributed by atoms with Crippen molar-refractivity contribution in [3.63, 3.8) is 0 Å². The van der Waals surface area contributed by atoms with Crippen LogP contribution in [0.3, 0.4) is 0 Å². The van der Waals surface area contributed by atoms with E-state index in [9.17, 15) is 43.9 Å². The van der Waals surface area contributed by atoms with Crippen molar-refractivity contribution in [2.45, 2.75) is 22.2 Å². The van der Waals surface area contributed by atoms with Gasteiger partial charge in [0, 0.05) is 6.26 Å². The van der Waals surface area contributed by atoms with Crippen LogP contribution in [-0.2, 0) is 14.6 Å². The third kappa shape index (κ3) is 5.16. The van der Waals surface area contributed by atoms with E-state index in [2.05, 4.69) is 0 Å². The van der Waals surface area contributed by atoms with Crippen molar-refractivity contribution in [1.82, 2.24) is 0 Å². The van der Waals surface area contributed by atoms with Crippen molar-refractivity contribution < 1.29 is 43.9 Å². The number of carbonyl (C=O) groups is 1. The summed E-state index contributed by atoms with van der Waals surface area (Å²) in [4.78, 5) is 11.3. The number of hydrogen-bond donors (Lipinski definition) is 1. The average Bonchev–Trinajstić information content (AvgIpc) is 2.45. The van der Waals surface area contributed by atoms with Crippen LogP contribution in [0.25, 0.3) is 0 Å². The van der Waals surface area contributed by atoms with E-state index in [0.29, 0.717) is 0 Å². The lowest BCUT2D eigenvalue weighted by Crippen LogP contribution is -2.50. The molecule has 0 bridgehead atoms. The van der Waals surface area contributed by atoms with Gasteiger partial charge >= 0.3 is 17.4 Å². The third-order valence-electron chi connectivity index (χ3n) is 2.75. The average molecular weight is 448 g/mol. The van der Waals surface area contributed by atoms with Gasteiger partial charge in [-0.3, -0.25) is 4.79 Å². The Kier molecular flexibility index (Phi) is 6.52. The van der Waals surface area contributed by atoms with Crippen molar-refractivity contribution in [2.75, 3.05) is 17.3 Å². The van der Waals surface area contributed by atoms with Crippen LogP contribution in [0.5, 0.6) is 0 Å². The van der Waals surface area contributed by atoms with Crippen molar-refractivity contribution in [1.29, 1.82) is 0 Å². The molecule has 0 aliphatic rings. The fraction of sp³-hybridized carbons (Fsp3) is 0.417. The van der Waals surface area contributed by atoms with E-state index in [0.717, 1.165) is 24.5 Å². The molecule has 0 radical (unpaired) electrons. The number of amides is 1. The molecule has 14 heteroatoms. The number of thioether (sulfide) groups is 1. The van der Waals surface area contributed by atoms with E-state index in [-0.39, 0.29) is 15.6 Å². The van der Waals surface area contributed by atoms with Gasteiger partial charge in [-0.15, -0.1) is 0 Å². The number of carbonyl (C=O) groups excluding carboxylic acids is 1. The fourth-order valence-corrected chi connectivity index (χ4v) is 2.92. The van der Waals surface area contributed by atoms with Crippen LogP contribution in [0.4, 0.5) is 36.4 Å². The molecule has 1 amide bonds. The predicted octanol–water partition coefficient (Wildman–Crippen LogP) is 4.21. The van der Waals surface area contributed by atoms with E-state index in [1.165, 1.54) is 0 Å². The van der Waals surface area contributed by atoms with Crippen LogP contribution in [0.1, 0.15) is 0 Å². The molecule has 0 aliphatic carbocycles. The van der Waals surface area contributed by atoms with Gasteiger partial charge in [0.05, 0.1) is 21.4 Å².